The average Bonchev–Trinajstić information content (AvgIpc) is 2.17. The largest absolute Gasteiger partial charge is 0.323 e. The Labute approximate surface area is 99.4 Å². The molecule has 0 amide bonds. The third-order valence-electron chi connectivity index (χ3n) is 2.18. The van der Waals surface area contributed by atoms with E-state index in [1.165, 1.54) is 19.1 Å². The highest BCUT2D eigenvalue weighted by atomic mass is 32.2. The number of hydrogen-bond donors (Lipinski definition) is 1. The lowest BCUT2D eigenvalue weighted by atomic mass is 10.0. The first-order valence-electron chi connectivity index (χ1n) is 5.24. The molecule has 0 aliphatic heterocycles. The molecule has 0 spiro atoms. The van der Waals surface area contributed by atoms with Crippen LogP contribution in [0.5, 0.6) is 0 Å². The summed E-state index contributed by atoms with van der Waals surface area (Å²) in [5, 5.41) is 0.444. The van der Waals surface area contributed by atoms with Crippen molar-refractivity contribution < 1.29 is 8.78 Å². The van der Waals surface area contributed by atoms with Crippen LogP contribution >= 0.6 is 11.8 Å². The predicted molar refractivity (Wildman–Crippen MR) is 65.0 cm³/mol. The minimum absolute atomic E-state index is 0.0180. The summed E-state index contributed by atoms with van der Waals surface area (Å²) < 4.78 is 27.1. The second kappa shape index (κ2) is 5.15. The Kier molecular flexibility index (Phi) is 4.33. The molecular formula is C12H17F2NS. The van der Waals surface area contributed by atoms with Crippen molar-refractivity contribution in [1.29, 1.82) is 0 Å². The van der Waals surface area contributed by atoms with E-state index in [9.17, 15) is 8.78 Å². The summed E-state index contributed by atoms with van der Waals surface area (Å²) in [5.41, 5.74) is 5.25. The molecule has 1 rings (SSSR count). The van der Waals surface area contributed by atoms with Crippen LogP contribution < -0.4 is 5.73 Å². The molecule has 1 nitrogen and oxygen atoms in total. The van der Waals surface area contributed by atoms with Crippen molar-refractivity contribution in [2.75, 3.05) is 0 Å². The monoisotopic (exact) mass is 245 g/mol. The van der Waals surface area contributed by atoms with Crippen molar-refractivity contribution in [1.82, 2.24) is 0 Å². The standard InChI is InChI=1S/C12H17F2NS/c1-8(2)16-11-6-4-10(5-7-11)12(13,14)9(3)15/h4-9H,15H2,1-3H3. The van der Waals surface area contributed by atoms with E-state index in [4.69, 9.17) is 5.73 Å². The molecule has 1 aromatic carbocycles. The van der Waals surface area contributed by atoms with Gasteiger partial charge in [0.25, 0.3) is 5.92 Å². The van der Waals surface area contributed by atoms with E-state index < -0.39 is 12.0 Å². The van der Waals surface area contributed by atoms with Gasteiger partial charge in [0.15, 0.2) is 0 Å². The summed E-state index contributed by atoms with van der Waals surface area (Å²) in [6.07, 6.45) is 0. The lowest BCUT2D eigenvalue weighted by Gasteiger charge is -2.20. The van der Waals surface area contributed by atoms with Gasteiger partial charge in [0.1, 0.15) is 0 Å². The fraction of sp³-hybridized carbons (Fsp3) is 0.500. The number of hydrogen-bond acceptors (Lipinski definition) is 2. The van der Waals surface area contributed by atoms with E-state index in [0.717, 1.165) is 4.90 Å². The fourth-order valence-corrected chi connectivity index (χ4v) is 2.13. The number of alkyl halides is 2. The summed E-state index contributed by atoms with van der Waals surface area (Å²) in [4.78, 5) is 0.999. The van der Waals surface area contributed by atoms with Gasteiger partial charge in [-0.15, -0.1) is 11.8 Å². The van der Waals surface area contributed by atoms with Crippen molar-refractivity contribution in [3.63, 3.8) is 0 Å². The third-order valence-corrected chi connectivity index (χ3v) is 3.20. The van der Waals surface area contributed by atoms with Gasteiger partial charge in [-0.2, -0.15) is 8.78 Å². The molecule has 0 bridgehead atoms. The quantitative estimate of drug-likeness (QED) is 0.820. The van der Waals surface area contributed by atoms with E-state index in [2.05, 4.69) is 13.8 Å². The molecule has 4 heteroatoms. The molecule has 2 N–H and O–H groups in total. The maximum Gasteiger partial charge on any atom is 0.287 e. The number of thioether (sulfide) groups is 1. The van der Waals surface area contributed by atoms with E-state index in [0.29, 0.717) is 5.25 Å². The highest BCUT2D eigenvalue weighted by molar-refractivity contribution is 7.99. The van der Waals surface area contributed by atoms with E-state index in [1.807, 2.05) is 0 Å². The SMILES string of the molecule is CC(C)Sc1ccc(C(F)(F)C(C)N)cc1. The molecule has 0 aliphatic rings. The number of benzene rings is 1. The molecule has 0 aliphatic carbocycles. The third kappa shape index (κ3) is 3.19. The highest BCUT2D eigenvalue weighted by Gasteiger charge is 2.35. The second-order valence-electron chi connectivity index (χ2n) is 4.10. The van der Waals surface area contributed by atoms with Crippen LogP contribution in [0.15, 0.2) is 29.2 Å². The Morgan fingerprint density at radius 3 is 2.00 bits per heavy atom. The lowest BCUT2D eigenvalue weighted by Crippen LogP contribution is -2.35. The molecule has 16 heavy (non-hydrogen) atoms. The van der Waals surface area contributed by atoms with Crippen molar-refractivity contribution in [2.45, 2.75) is 42.9 Å². The van der Waals surface area contributed by atoms with E-state index >= 15 is 0 Å². The second-order valence-corrected chi connectivity index (χ2v) is 5.75. The Morgan fingerprint density at radius 2 is 1.62 bits per heavy atom. The normalized spacial score (nSPS) is 14.2. The summed E-state index contributed by atoms with van der Waals surface area (Å²) >= 11 is 1.65. The molecular weight excluding hydrogens is 228 g/mol. The molecule has 0 fully saturated rings. The topological polar surface area (TPSA) is 26.0 Å². The van der Waals surface area contributed by atoms with Crippen molar-refractivity contribution >= 4 is 11.8 Å². The fourth-order valence-electron chi connectivity index (χ4n) is 1.29. The van der Waals surface area contributed by atoms with Crippen molar-refractivity contribution in [2.24, 2.45) is 5.73 Å². The Hall–Kier alpha value is -0.610. The maximum absolute atomic E-state index is 13.5. The minimum Gasteiger partial charge on any atom is -0.323 e. The van der Waals surface area contributed by atoms with Crippen molar-refractivity contribution in [3.05, 3.63) is 29.8 Å². The first-order chi connectivity index (χ1) is 7.34. The predicted octanol–water partition coefficient (Wildman–Crippen LogP) is 3.63. The highest BCUT2D eigenvalue weighted by Crippen LogP contribution is 2.32. The number of rotatable bonds is 4. The first-order valence-corrected chi connectivity index (χ1v) is 6.12. The lowest BCUT2D eigenvalue weighted by molar-refractivity contribution is -0.0256. The van der Waals surface area contributed by atoms with Crippen LogP contribution in [0.25, 0.3) is 0 Å². The van der Waals surface area contributed by atoms with Crippen LogP contribution in [0, 0.1) is 0 Å². The molecule has 0 saturated carbocycles. The van der Waals surface area contributed by atoms with Gasteiger partial charge in [0.2, 0.25) is 0 Å². The molecule has 90 valence electrons. The van der Waals surface area contributed by atoms with Gasteiger partial charge < -0.3 is 5.73 Å². The van der Waals surface area contributed by atoms with Crippen molar-refractivity contribution in [3.8, 4) is 0 Å². The van der Waals surface area contributed by atoms with Crippen LogP contribution in [0.2, 0.25) is 0 Å². The Morgan fingerprint density at radius 1 is 1.12 bits per heavy atom. The number of nitrogens with two attached hydrogens (primary N) is 1. The average molecular weight is 245 g/mol. The summed E-state index contributed by atoms with van der Waals surface area (Å²) in [6.45, 7) is 5.45. The maximum atomic E-state index is 13.5. The Bertz CT molecular complexity index is 333. The van der Waals surface area contributed by atoms with E-state index in [1.54, 1.807) is 23.9 Å². The number of halogens is 2. The first kappa shape index (κ1) is 13.5. The summed E-state index contributed by atoms with van der Waals surface area (Å²) in [6, 6.07) is 5.17. The van der Waals surface area contributed by atoms with Crippen LogP contribution in [-0.2, 0) is 5.92 Å². The van der Waals surface area contributed by atoms with Crippen LogP contribution in [-0.4, -0.2) is 11.3 Å². The van der Waals surface area contributed by atoms with Gasteiger partial charge in [0.05, 0.1) is 6.04 Å². The zero-order chi connectivity index (χ0) is 12.3. The molecule has 0 radical (unpaired) electrons. The molecule has 0 saturated heterocycles. The van der Waals surface area contributed by atoms with Crippen LogP contribution in [0.3, 0.4) is 0 Å². The minimum atomic E-state index is -2.96. The smallest absolute Gasteiger partial charge is 0.287 e. The van der Waals surface area contributed by atoms with Gasteiger partial charge in [0, 0.05) is 15.7 Å². The zero-order valence-electron chi connectivity index (χ0n) is 9.71. The molecule has 0 heterocycles. The molecule has 1 aromatic rings. The van der Waals surface area contributed by atoms with Crippen LogP contribution in [0.1, 0.15) is 26.3 Å². The Balaban J connectivity index is 2.86. The molecule has 1 atom stereocenters. The van der Waals surface area contributed by atoms with Gasteiger partial charge in [-0.3, -0.25) is 0 Å². The van der Waals surface area contributed by atoms with E-state index in [-0.39, 0.29) is 5.56 Å². The van der Waals surface area contributed by atoms with Gasteiger partial charge in [-0.1, -0.05) is 26.0 Å². The van der Waals surface area contributed by atoms with Gasteiger partial charge in [-0.25, -0.2) is 0 Å². The zero-order valence-corrected chi connectivity index (χ0v) is 10.5. The molecule has 0 aromatic heterocycles. The van der Waals surface area contributed by atoms with Gasteiger partial charge >= 0.3 is 0 Å². The summed E-state index contributed by atoms with van der Waals surface area (Å²) in [7, 11) is 0. The van der Waals surface area contributed by atoms with Crippen LogP contribution in [0.4, 0.5) is 8.78 Å². The summed E-state index contributed by atoms with van der Waals surface area (Å²) in [5.74, 6) is -2.96. The van der Waals surface area contributed by atoms with Gasteiger partial charge in [-0.05, 0) is 19.1 Å². The molecule has 1 unspecified atom stereocenters.